The van der Waals surface area contributed by atoms with E-state index in [4.69, 9.17) is 15.2 Å². The van der Waals surface area contributed by atoms with Crippen LogP contribution in [0.25, 0.3) is 23.1 Å². The molecule has 0 saturated heterocycles. The molecule has 3 aromatic rings. The number of methoxy groups -OCH3 is 2. The molecule has 3 rings (SSSR count). The van der Waals surface area contributed by atoms with Crippen LogP contribution in [0.1, 0.15) is 21.6 Å². The Kier molecular flexibility index (Phi) is 6.28. The summed E-state index contributed by atoms with van der Waals surface area (Å²) in [5.74, 6) is -0.674. The van der Waals surface area contributed by atoms with Gasteiger partial charge in [-0.15, -0.1) is 0 Å². The van der Waals surface area contributed by atoms with Gasteiger partial charge in [-0.05, 0) is 29.8 Å². The third-order valence-electron chi connectivity index (χ3n) is 4.39. The highest BCUT2D eigenvalue weighted by Crippen LogP contribution is 2.32. The molecule has 30 heavy (non-hydrogen) atoms. The van der Waals surface area contributed by atoms with Crippen LogP contribution in [-0.2, 0) is 4.79 Å². The van der Waals surface area contributed by atoms with Gasteiger partial charge >= 0.3 is 0 Å². The summed E-state index contributed by atoms with van der Waals surface area (Å²) in [6.07, 6.45) is 5.22. The molecule has 0 saturated carbocycles. The fraction of sp³-hybridized carbons (Fsp3) is 0.200. The number of aliphatic hydroxyl groups is 1. The minimum absolute atomic E-state index is 0.173. The van der Waals surface area contributed by atoms with Crippen molar-refractivity contribution in [3.63, 3.8) is 0 Å². The molecule has 10 heteroatoms. The van der Waals surface area contributed by atoms with Gasteiger partial charge in [0.15, 0.2) is 0 Å². The lowest BCUT2D eigenvalue weighted by Crippen LogP contribution is -2.46. The largest absolute Gasteiger partial charge is 0.495 e. The number of hydrogen-bond acceptors (Lipinski definition) is 7. The standard InChI is InChI=1S/C20H21N5O5/c1-29-16-8-4-11(9-22-16)3-6-13-17-14(25-24-13)7-5-12(18(17)30-2)20(28)23-15(10-26)19(21)27/h3-9,15,26H,10H2,1-2H3,(H2,21,27)(H,23,28)(H,24,25). The minimum Gasteiger partial charge on any atom is -0.495 e. The van der Waals surface area contributed by atoms with Crippen molar-refractivity contribution in [2.75, 3.05) is 20.8 Å². The van der Waals surface area contributed by atoms with Crippen molar-refractivity contribution in [1.82, 2.24) is 20.5 Å². The van der Waals surface area contributed by atoms with E-state index in [1.165, 1.54) is 13.2 Å². The van der Waals surface area contributed by atoms with Gasteiger partial charge in [0.25, 0.3) is 5.91 Å². The smallest absolute Gasteiger partial charge is 0.255 e. The summed E-state index contributed by atoms with van der Waals surface area (Å²) in [4.78, 5) is 28.1. The van der Waals surface area contributed by atoms with Gasteiger partial charge in [0.1, 0.15) is 11.8 Å². The Morgan fingerprint density at radius 3 is 2.63 bits per heavy atom. The predicted octanol–water partition coefficient (Wildman–Crippen LogP) is 0.721. The van der Waals surface area contributed by atoms with Gasteiger partial charge in [0.05, 0.1) is 43.0 Å². The Morgan fingerprint density at radius 2 is 2.03 bits per heavy atom. The highest BCUT2D eigenvalue weighted by atomic mass is 16.5. The van der Waals surface area contributed by atoms with Crippen LogP contribution in [0.5, 0.6) is 11.6 Å². The molecule has 0 bridgehead atoms. The molecule has 5 N–H and O–H groups in total. The summed E-state index contributed by atoms with van der Waals surface area (Å²) in [6.45, 7) is -0.610. The first-order valence-electron chi connectivity index (χ1n) is 8.92. The summed E-state index contributed by atoms with van der Waals surface area (Å²) >= 11 is 0. The van der Waals surface area contributed by atoms with E-state index in [1.807, 2.05) is 12.1 Å². The zero-order chi connectivity index (χ0) is 21.7. The van der Waals surface area contributed by atoms with Crippen LogP contribution in [0.2, 0.25) is 0 Å². The molecule has 156 valence electrons. The number of aromatic amines is 1. The number of nitrogens with one attached hydrogen (secondary N) is 2. The van der Waals surface area contributed by atoms with E-state index in [9.17, 15) is 14.7 Å². The van der Waals surface area contributed by atoms with Crippen molar-refractivity contribution in [1.29, 1.82) is 0 Å². The number of nitrogens with zero attached hydrogens (tertiary/aromatic N) is 2. The number of H-pyrrole nitrogens is 1. The summed E-state index contributed by atoms with van der Waals surface area (Å²) < 4.78 is 10.5. The molecule has 2 amide bonds. The topological polar surface area (TPSA) is 152 Å². The van der Waals surface area contributed by atoms with E-state index in [0.717, 1.165) is 5.56 Å². The Hall–Kier alpha value is -3.92. The average Bonchev–Trinajstić information content (AvgIpc) is 3.18. The second-order valence-electron chi connectivity index (χ2n) is 6.26. The Morgan fingerprint density at radius 1 is 1.23 bits per heavy atom. The molecule has 0 radical (unpaired) electrons. The number of carbonyl (C=O) groups excluding carboxylic acids is 2. The van der Waals surface area contributed by atoms with Gasteiger partial charge in [0, 0.05) is 12.3 Å². The number of fused-ring (bicyclic) bond motifs is 1. The SMILES string of the molecule is COc1ccc(C=Cc2n[nH]c3ccc(C(=O)NC(CO)C(N)=O)c(OC)c23)cn1. The Balaban J connectivity index is 1.97. The van der Waals surface area contributed by atoms with E-state index < -0.39 is 24.5 Å². The van der Waals surface area contributed by atoms with Crippen LogP contribution in [0.15, 0.2) is 30.5 Å². The third kappa shape index (κ3) is 4.23. The first-order chi connectivity index (χ1) is 14.5. The predicted molar refractivity (Wildman–Crippen MR) is 110 cm³/mol. The number of ether oxygens (including phenoxy) is 2. The fourth-order valence-electron chi connectivity index (χ4n) is 2.85. The number of amides is 2. The van der Waals surface area contributed by atoms with Crippen LogP contribution in [0.3, 0.4) is 0 Å². The van der Waals surface area contributed by atoms with Crippen molar-refractivity contribution >= 4 is 34.9 Å². The molecule has 1 aromatic carbocycles. The van der Waals surface area contributed by atoms with E-state index >= 15 is 0 Å². The van der Waals surface area contributed by atoms with E-state index in [2.05, 4.69) is 20.5 Å². The second kappa shape index (κ2) is 9.05. The summed E-state index contributed by atoms with van der Waals surface area (Å²) in [5.41, 5.74) is 7.37. The maximum absolute atomic E-state index is 12.6. The fourth-order valence-corrected chi connectivity index (χ4v) is 2.85. The van der Waals surface area contributed by atoms with Crippen molar-refractivity contribution in [3.05, 3.63) is 47.3 Å². The lowest BCUT2D eigenvalue weighted by Gasteiger charge is -2.15. The van der Waals surface area contributed by atoms with Crippen molar-refractivity contribution in [3.8, 4) is 11.6 Å². The normalized spacial score (nSPS) is 12.1. The molecule has 10 nitrogen and oxygen atoms in total. The molecular formula is C20H21N5O5. The van der Waals surface area contributed by atoms with E-state index in [-0.39, 0.29) is 11.3 Å². The molecule has 2 heterocycles. The summed E-state index contributed by atoms with van der Waals surface area (Å²) in [5, 5.41) is 19.4. The summed E-state index contributed by atoms with van der Waals surface area (Å²) in [7, 11) is 2.97. The number of hydrogen-bond donors (Lipinski definition) is 4. The van der Waals surface area contributed by atoms with Gasteiger partial charge in [-0.1, -0.05) is 6.08 Å². The number of aromatic nitrogens is 3. The van der Waals surface area contributed by atoms with Crippen LogP contribution in [-0.4, -0.2) is 59.0 Å². The first-order valence-corrected chi connectivity index (χ1v) is 8.92. The number of aliphatic hydroxyl groups excluding tert-OH is 1. The van der Waals surface area contributed by atoms with E-state index in [0.29, 0.717) is 22.5 Å². The maximum Gasteiger partial charge on any atom is 0.255 e. The van der Waals surface area contributed by atoms with Crippen LogP contribution in [0, 0.1) is 0 Å². The zero-order valence-electron chi connectivity index (χ0n) is 16.4. The number of benzene rings is 1. The first kappa shape index (κ1) is 20.8. The Labute approximate surface area is 171 Å². The molecule has 0 spiro atoms. The van der Waals surface area contributed by atoms with Gasteiger partial charge in [-0.25, -0.2) is 4.98 Å². The molecule has 0 fully saturated rings. The number of pyridine rings is 1. The molecule has 0 aliphatic rings. The third-order valence-corrected chi connectivity index (χ3v) is 4.39. The zero-order valence-corrected chi connectivity index (χ0v) is 16.4. The highest BCUT2D eigenvalue weighted by Gasteiger charge is 2.23. The average molecular weight is 411 g/mol. The van der Waals surface area contributed by atoms with Crippen LogP contribution in [0.4, 0.5) is 0 Å². The highest BCUT2D eigenvalue weighted by molar-refractivity contribution is 6.06. The lowest BCUT2D eigenvalue weighted by atomic mass is 10.1. The number of primary amides is 1. The van der Waals surface area contributed by atoms with Crippen LogP contribution >= 0.6 is 0 Å². The number of carbonyl (C=O) groups is 2. The van der Waals surface area contributed by atoms with Crippen molar-refractivity contribution in [2.45, 2.75) is 6.04 Å². The Bertz CT molecular complexity index is 1090. The monoisotopic (exact) mass is 411 g/mol. The second-order valence-corrected chi connectivity index (χ2v) is 6.26. The van der Waals surface area contributed by atoms with Gasteiger partial charge in [0.2, 0.25) is 11.8 Å². The van der Waals surface area contributed by atoms with Gasteiger partial charge in [-0.2, -0.15) is 5.10 Å². The van der Waals surface area contributed by atoms with Crippen molar-refractivity contribution in [2.24, 2.45) is 5.73 Å². The number of nitrogens with two attached hydrogens (primary N) is 1. The number of rotatable bonds is 8. The van der Waals surface area contributed by atoms with E-state index in [1.54, 1.807) is 31.5 Å². The molecule has 2 aromatic heterocycles. The van der Waals surface area contributed by atoms with Gasteiger partial charge < -0.3 is 25.6 Å². The lowest BCUT2D eigenvalue weighted by molar-refractivity contribution is -0.120. The summed E-state index contributed by atoms with van der Waals surface area (Å²) in [6, 6.07) is 5.58. The molecule has 0 aliphatic heterocycles. The van der Waals surface area contributed by atoms with Gasteiger partial charge in [-0.3, -0.25) is 14.7 Å². The molecule has 1 atom stereocenters. The van der Waals surface area contributed by atoms with Crippen LogP contribution < -0.4 is 20.5 Å². The maximum atomic E-state index is 12.6. The van der Waals surface area contributed by atoms with Crippen molar-refractivity contribution < 1.29 is 24.2 Å². The minimum atomic E-state index is -1.20. The molecule has 1 unspecified atom stereocenters. The molecular weight excluding hydrogens is 390 g/mol. The molecule has 0 aliphatic carbocycles. The quantitative estimate of drug-likeness (QED) is 0.426.